The Morgan fingerprint density at radius 1 is 1.29 bits per heavy atom. The van der Waals surface area contributed by atoms with E-state index in [1.165, 1.54) is 12.7 Å². The smallest absolute Gasteiger partial charge is 0.308 e. The highest BCUT2D eigenvalue weighted by Gasteiger charge is 2.00. The molecule has 1 rings (SSSR count). The van der Waals surface area contributed by atoms with Crippen LogP contribution in [0.25, 0.3) is 0 Å². The fourth-order valence-corrected chi connectivity index (χ4v) is 1.33. The summed E-state index contributed by atoms with van der Waals surface area (Å²) in [7, 11) is 1.37. The van der Waals surface area contributed by atoms with E-state index in [0.29, 0.717) is 6.61 Å². The summed E-state index contributed by atoms with van der Waals surface area (Å²) in [5.74, 6) is 0.517. The zero-order chi connectivity index (χ0) is 12.5. The van der Waals surface area contributed by atoms with Crippen molar-refractivity contribution in [2.45, 2.75) is 19.9 Å². The molecular formula is C13H19NO3. The Morgan fingerprint density at radius 3 is 2.59 bits per heavy atom. The van der Waals surface area contributed by atoms with E-state index in [4.69, 9.17) is 4.74 Å². The summed E-state index contributed by atoms with van der Waals surface area (Å²) in [5, 5.41) is 3.25. The zero-order valence-electron chi connectivity index (χ0n) is 10.4. The molecule has 0 spiro atoms. The topological polar surface area (TPSA) is 47.6 Å². The predicted molar refractivity (Wildman–Crippen MR) is 66.0 cm³/mol. The van der Waals surface area contributed by atoms with Gasteiger partial charge in [0.1, 0.15) is 5.75 Å². The van der Waals surface area contributed by atoms with Crippen molar-refractivity contribution in [1.82, 2.24) is 5.32 Å². The molecule has 94 valence electrons. The number of carbonyl (C=O) groups excluding carboxylic acids is 1. The van der Waals surface area contributed by atoms with Gasteiger partial charge in [-0.15, -0.1) is 0 Å². The number of esters is 1. The van der Waals surface area contributed by atoms with E-state index < -0.39 is 0 Å². The van der Waals surface area contributed by atoms with Crippen molar-refractivity contribution in [3.05, 3.63) is 29.8 Å². The largest absolute Gasteiger partial charge is 0.493 e. The number of rotatable bonds is 7. The SMILES string of the molecule is CCNCc1ccc(OCCC(=O)OC)cc1. The molecule has 0 amide bonds. The van der Waals surface area contributed by atoms with Crippen molar-refractivity contribution < 1.29 is 14.3 Å². The maximum Gasteiger partial charge on any atom is 0.308 e. The van der Waals surface area contributed by atoms with E-state index in [9.17, 15) is 4.79 Å². The minimum atomic E-state index is -0.256. The van der Waals surface area contributed by atoms with Crippen LogP contribution in [0.4, 0.5) is 0 Å². The molecule has 0 unspecified atom stereocenters. The molecule has 0 heterocycles. The Balaban J connectivity index is 2.32. The molecule has 4 heteroatoms. The molecule has 0 aliphatic rings. The minimum Gasteiger partial charge on any atom is -0.493 e. The number of ether oxygens (including phenoxy) is 2. The number of nitrogens with one attached hydrogen (secondary N) is 1. The molecule has 17 heavy (non-hydrogen) atoms. The van der Waals surface area contributed by atoms with Crippen molar-refractivity contribution in [1.29, 1.82) is 0 Å². The maximum atomic E-state index is 10.9. The third kappa shape index (κ3) is 5.36. The normalized spacial score (nSPS) is 10.0. The Morgan fingerprint density at radius 2 is 2.00 bits per heavy atom. The molecule has 0 saturated heterocycles. The lowest BCUT2D eigenvalue weighted by molar-refractivity contribution is -0.141. The van der Waals surface area contributed by atoms with Crippen LogP contribution >= 0.6 is 0 Å². The fraction of sp³-hybridized carbons (Fsp3) is 0.462. The molecule has 0 atom stereocenters. The first-order valence-electron chi connectivity index (χ1n) is 5.75. The van der Waals surface area contributed by atoms with Gasteiger partial charge in [-0.1, -0.05) is 19.1 Å². The molecule has 1 N–H and O–H groups in total. The standard InChI is InChI=1S/C13H19NO3/c1-3-14-10-11-4-6-12(7-5-11)17-9-8-13(15)16-2/h4-7,14H,3,8-10H2,1-2H3. The summed E-state index contributed by atoms with van der Waals surface area (Å²) >= 11 is 0. The van der Waals surface area contributed by atoms with Gasteiger partial charge in [0.05, 0.1) is 20.1 Å². The molecule has 0 aromatic heterocycles. The van der Waals surface area contributed by atoms with Crippen molar-refractivity contribution >= 4 is 5.97 Å². The lowest BCUT2D eigenvalue weighted by Gasteiger charge is -2.06. The maximum absolute atomic E-state index is 10.9. The molecule has 4 nitrogen and oxygen atoms in total. The third-order valence-electron chi connectivity index (χ3n) is 2.31. The van der Waals surface area contributed by atoms with Crippen LogP contribution in [0.5, 0.6) is 5.75 Å². The van der Waals surface area contributed by atoms with Gasteiger partial charge in [-0.2, -0.15) is 0 Å². The van der Waals surface area contributed by atoms with Gasteiger partial charge in [-0.05, 0) is 24.2 Å². The molecule has 0 saturated carbocycles. The van der Waals surface area contributed by atoms with E-state index in [-0.39, 0.29) is 12.4 Å². The minimum absolute atomic E-state index is 0.256. The lowest BCUT2D eigenvalue weighted by Crippen LogP contribution is -2.11. The first kappa shape index (κ1) is 13.5. The van der Waals surface area contributed by atoms with Gasteiger partial charge >= 0.3 is 5.97 Å². The van der Waals surface area contributed by atoms with Gasteiger partial charge in [0.25, 0.3) is 0 Å². The van der Waals surface area contributed by atoms with Gasteiger partial charge in [-0.25, -0.2) is 0 Å². The second kappa shape index (κ2) is 7.68. The zero-order valence-corrected chi connectivity index (χ0v) is 10.4. The van der Waals surface area contributed by atoms with Crippen LogP contribution in [0.15, 0.2) is 24.3 Å². The summed E-state index contributed by atoms with van der Waals surface area (Å²) in [6.45, 7) is 4.24. The van der Waals surface area contributed by atoms with E-state index in [1.54, 1.807) is 0 Å². The quantitative estimate of drug-likeness (QED) is 0.734. The predicted octanol–water partition coefficient (Wildman–Crippen LogP) is 1.74. The molecule has 0 radical (unpaired) electrons. The van der Waals surface area contributed by atoms with E-state index in [0.717, 1.165) is 18.8 Å². The first-order chi connectivity index (χ1) is 8.26. The van der Waals surface area contributed by atoms with Crippen molar-refractivity contribution in [3.63, 3.8) is 0 Å². The Bertz CT molecular complexity index is 335. The van der Waals surface area contributed by atoms with E-state index in [2.05, 4.69) is 17.0 Å². The Labute approximate surface area is 102 Å². The molecule has 0 bridgehead atoms. The number of hydrogen-bond donors (Lipinski definition) is 1. The van der Waals surface area contributed by atoms with Crippen molar-refractivity contribution in [3.8, 4) is 5.75 Å². The van der Waals surface area contributed by atoms with E-state index in [1.807, 2.05) is 24.3 Å². The summed E-state index contributed by atoms with van der Waals surface area (Å²) in [6.07, 6.45) is 0.273. The van der Waals surface area contributed by atoms with Crippen LogP contribution < -0.4 is 10.1 Å². The van der Waals surface area contributed by atoms with Crippen LogP contribution in [0.2, 0.25) is 0 Å². The van der Waals surface area contributed by atoms with Crippen LogP contribution in [-0.4, -0.2) is 26.2 Å². The summed E-state index contributed by atoms with van der Waals surface area (Å²) < 4.78 is 9.94. The van der Waals surface area contributed by atoms with Gasteiger partial charge in [-0.3, -0.25) is 4.79 Å². The van der Waals surface area contributed by atoms with Crippen LogP contribution in [0.3, 0.4) is 0 Å². The highest BCUT2D eigenvalue weighted by molar-refractivity contribution is 5.69. The second-order valence-corrected chi connectivity index (χ2v) is 3.60. The third-order valence-corrected chi connectivity index (χ3v) is 2.31. The first-order valence-corrected chi connectivity index (χ1v) is 5.75. The molecular weight excluding hydrogens is 218 g/mol. The molecule has 0 aliphatic carbocycles. The van der Waals surface area contributed by atoms with Crippen molar-refractivity contribution in [2.75, 3.05) is 20.3 Å². The summed E-state index contributed by atoms with van der Waals surface area (Å²) in [5.41, 5.74) is 1.21. The Hall–Kier alpha value is -1.55. The molecule has 0 fully saturated rings. The molecule has 1 aromatic carbocycles. The lowest BCUT2D eigenvalue weighted by atomic mass is 10.2. The highest BCUT2D eigenvalue weighted by Crippen LogP contribution is 2.12. The van der Waals surface area contributed by atoms with Gasteiger partial charge in [0, 0.05) is 6.54 Å². The second-order valence-electron chi connectivity index (χ2n) is 3.60. The number of carbonyl (C=O) groups is 1. The number of hydrogen-bond acceptors (Lipinski definition) is 4. The average molecular weight is 237 g/mol. The monoisotopic (exact) mass is 237 g/mol. The fourth-order valence-electron chi connectivity index (χ4n) is 1.33. The molecule has 0 aliphatic heterocycles. The van der Waals surface area contributed by atoms with Gasteiger partial charge < -0.3 is 14.8 Å². The average Bonchev–Trinajstić information content (AvgIpc) is 2.37. The van der Waals surface area contributed by atoms with Crippen LogP contribution in [0.1, 0.15) is 18.9 Å². The van der Waals surface area contributed by atoms with E-state index >= 15 is 0 Å². The van der Waals surface area contributed by atoms with Crippen LogP contribution in [0, 0.1) is 0 Å². The number of methoxy groups -OCH3 is 1. The number of benzene rings is 1. The summed E-state index contributed by atoms with van der Waals surface area (Å²) in [6, 6.07) is 7.83. The van der Waals surface area contributed by atoms with Crippen LogP contribution in [-0.2, 0) is 16.1 Å². The molecule has 1 aromatic rings. The Kier molecular flexibility index (Phi) is 6.10. The van der Waals surface area contributed by atoms with Gasteiger partial charge in [0.15, 0.2) is 0 Å². The van der Waals surface area contributed by atoms with Crippen molar-refractivity contribution in [2.24, 2.45) is 0 Å². The highest BCUT2D eigenvalue weighted by atomic mass is 16.5. The van der Waals surface area contributed by atoms with Gasteiger partial charge in [0.2, 0.25) is 0 Å². The summed E-state index contributed by atoms with van der Waals surface area (Å²) in [4.78, 5) is 10.9.